The third-order valence-electron chi connectivity index (χ3n) is 3.88. The Kier molecular flexibility index (Phi) is 5.12. The van der Waals surface area contributed by atoms with Gasteiger partial charge in [-0.1, -0.05) is 17.7 Å². The first kappa shape index (κ1) is 18.1. The molecule has 0 spiro atoms. The van der Waals surface area contributed by atoms with E-state index in [1.807, 2.05) is 32.0 Å². The Morgan fingerprint density at radius 2 is 1.81 bits per heavy atom. The molecule has 0 aliphatic heterocycles. The van der Waals surface area contributed by atoms with Gasteiger partial charge in [0.05, 0.1) is 16.8 Å². The summed E-state index contributed by atoms with van der Waals surface area (Å²) in [5, 5.41) is 13.3. The highest BCUT2D eigenvalue weighted by molar-refractivity contribution is 6.04. The lowest BCUT2D eigenvalue weighted by molar-refractivity contribution is -0.384. The van der Waals surface area contributed by atoms with E-state index in [2.05, 4.69) is 10.3 Å². The molecule has 0 saturated heterocycles. The van der Waals surface area contributed by atoms with Crippen molar-refractivity contribution in [3.63, 3.8) is 0 Å². The normalized spacial score (nSPS) is 10.3. The van der Waals surface area contributed by atoms with Crippen LogP contribution in [0, 0.1) is 24.0 Å². The quantitative estimate of drug-likeness (QED) is 0.526. The molecule has 0 saturated carbocycles. The maximum atomic E-state index is 12.2. The summed E-state index contributed by atoms with van der Waals surface area (Å²) in [5.74, 6) is 0.751. The minimum atomic E-state index is -0.514. The SMILES string of the molecule is Cc1ccc(Oc2ccc(NC(=O)c3ccc([N+](=O)[O-])cc3)cn2)c(C)c1. The lowest BCUT2D eigenvalue weighted by Gasteiger charge is -2.09. The summed E-state index contributed by atoms with van der Waals surface area (Å²) in [4.78, 5) is 26.5. The van der Waals surface area contributed by atoms with Gasteiger partial charge in [-0.15, -0.1) is 0 Å². The molecule has 0 radical (unpaired) electrons. The summed E-state index contributed by atoms with van der Waals surface area (Å²) in [5.41, 5.74) is 2.90. The fourth-order valence-corrected chi connectivity index (χ4v) is 2.48. The average molecular weight is 363 g/mol. The molecule has 1 aromatic heterocycles. The molecule has 2 aromatic carbocycles. The van der Waals surface area contributed by atoms with Crippen LogP contribution in [0.2, 0.25) is 0 Å². The molecule has 0 unspecified atom stereocenters. The van der Waals surface area contributed by atoms with Crippen molar-refractivity contribution in [3.05, 3.63) is 87.6 Å². The number of rotatable bonds is 5. The van der Waals surface area contributed by atoms with Crippen molar-refractivity contribution in [2.24, 2.45) is 0 Å². The third-order valence-corrected chi connectivity index (χ3v) is 3.88. The van der Waals surface area contributed by atoms with Crippen LogP contribution in [0.4, 0.5) is 11.4 Å². The van der Waals surface area contributed by atoms with E-state index < -0.39 is 4.92 Å². The summed E-state index contributed by atoms with van der Waals surface area (Å²) < 4.78 is 5.76. The fourth-order valence-electron chi connectivity index (χ4n) is 2.48. The van der Waals surface area contributed by atoms with Crippen molar-refractivity contribution >= 4 is 17.3 Å². The number of nitro groups is 1. The van der Waals surface area contributed by atoms with Crippen molar-refractivity contribution in [1.29, 1.82) is 0 Å². The molecule has 0 aliphatic rings. The number of non-ortho nitro benzene ring substituents is 1. The second-order valence-corrected chi connectivity index (χ2v) is 6.01. The number of hydrogen-bond acceptors (Lipinski definition) is 5. The van der Waals surface area contributed by atoms with Gasteiger partial charge in [0.25, 0.3) is 11.6 Å². The van der Waals surface area contributed by atoms with E-state index in [9.17, 15) is 14.9 Å². The van der Waals surface area contributed by atoms with Crippen LogP contribution in [0.1, 0.15) is 21.5 Å². The summed E-state index contributed by atoms with van der Waals surface area (Å²) in [6.45, 7) is 3.97. The predicted octanol–water partition coefficient (Wildman–Crippen LogP) is 4.65. The molecule has 1 amide bonds. The highest BCUT2D eigenvalue weighted by atomic mass is 16.6. The zero-order chi connectivity index (χ0) is 19.4. The number of carbonyl (C=O) groups excluding carboxylic acids is 1. The molecule has 7 nitrogen and oxygen atoms in total. The Bertz CT molecular complexity index is 983. The third kappa shape index (κ3) is 4.46. The summed E-state index contributed by atoms with van der Waals surface area (Å²) in [6, 6.07) is 14.6. The van der Waals surface area contributed by atoms with E-state index >= 15 is 0 Å². The van der Waals surface area contributed by atoms with Crippen molar-refractivity contribution in [1.82, 2.24) is 4.98 Å². The number of ether oxygens (including phenoxy) is 1. The number of pyridine rings is 1. The molecule has 1 N–H and O–H groups in total. The average Bonchev–Trinajstić information content (AvgIpc) is 2.65. The lowest BCUT2D eigenvalue weighted by atomic mass is 10.1. The summed E-state index contributed by atoms with van der Waals surface area (Å²) in [6.07, 6.45) is 1.49. The van der Waals surface area contributed by atoms with Crippen LogP contribution in [-0.4, -0.2) is 15.8 Å². The van der Waals surface area contributed by atoms with Crippen molar-refractivity contribution in [2.45, 2.75) is 13.8 Å². The number of aromatic nitrogens is 1. The number of aryl methyl sites for hydroxylation is 2. The molecule has 0 fully saturated rings. The Labute approximate surface area is 155 Å². The van der Waals surface area contributed by atoms with Crippen molar-refractivity contribution in [3.8, 4) is 11.6 Å². The van der Waals surface area contributed by atoms with Gasteiger partial charge in [-0.05, 0) is 43.7 Å². The summed E-state index contributed by atoms with van der Waals surface area (Å²) >= 11 is 0. The molecular weight excluding hydrogens is 346 g/mol. The van der Waals surface area contributed by atoms with E-state index in [-0.39, 0.29) is 11.6 Å². The number of nitrogens with zero attached hydrogens (tertiary/aromatic N) is 2. The van der Waals surface area contributed by atoms with Gasteiger partial charge in [-0.2, -0.15) is 0 Å². The molecule has 3 aromatic rings. The molecule has 3 rings (SSSR count). The number of hydrogen-bond donors (Lipinski definition) is 1. The maximum absolute atomic E-state index is 12.2. The summed E-state index contributed by atoms with van der Waals surface area (Å²) in [7, 11) is 0. The molecule has 0 aliphatic carbocycles. The van der Waals surface area contributed by atoms with Gasteiger partial charge in [0.15, 0.2) is 0 Å². The first-order valence-electron chi connectivity index (χ1n) is 8.19. The van der Waals surface area contributed by atoms with E-state index in [1.165, 1.54) is 30.5 Å². The molecular formula is C20H17N3O4. The highest BCUT2D eigenvalue weighted by Crippen LogP contribution is 2.25. The second kappa shape index (κ2) is 7.65. The molecule has 0 bridgehead atoms. The van der Waals surface area contributed by atoms with Crippen molar-refractivity contribution < 1.29 is 14.5 Å². The second-order valence-electron chi connectivity index (χ2n) is 6.01. The minimum Gasteiger partial charge on any atom is -0.439 e. The largest absolute Gasteiger partial charge is 0.439 e. The smallest absolute Gasteiger partial charge is 0.269 e. The van der Waals surface area contributed by atoms with Crippen LogP contribution in [0.3, 0.4) is 0 Å². The topological polar surface area (TPSA) is 94.4 Å². The number of amides is 1. The van der Waals surface area contributed by atoms with Crippen LogP contribution in [0.25, 0.3) is 0 Å². The van der Waals surface area contributed by atoms with E-state index in [0.29, 0.717) is 17.1 Å². The molecule has 136 valence electrons. The van der Waals surface area contributed by atoms with Crippen LogP contribution in [-0.2, 0) is 0 Å². The molecule has 0 atom stereocenters. The molecule has 27 heavy (non-hydrogen) atoms. The molecule has 1 heterocycles. The Hall–Kier alpha value is -3.74. The fraction of sp³-hybridized carbons (Fsp3) is 0.100. The Balaban J connectivity index is 1.66. The number of nitrogens with one attached hydrogen (secondary N) is 1. The highest BCUT2D eigenvalue weighted by Gasteiger charge is 2.10. The van der Waals surface area contributed by atoms with Crippen molar-refractivity contribution in [2.75, 3.05) is 5.32 Å². The zero-order valence-electron chi connectivity index (χ0n) is 14.8. The van der Waals surface area contributed by atoms with Gasteiger partial charge >= 0.3 is 0 Å². The van der Waals surface area contributed by atoms with Crippen LogP contribution in [0.5, 0.6) is 11.6 Å². The van der Waals surface area contributed by atoms with Gasteiger partial charge in [-0.25, -0.2) is 4.98 Å². The number of carbonyl (C=O) groups is 1. The predicted molar refractivity (Wildman–Crippen MR) is 101 cm³/mol. The Morgan fingerprint density at radius 3 is 2.41 bits per heavy atom. The van der Waals surface area contributed by atoms with Gasteiger partial charge < -0.3 is 10.1 Å². The van der Waals surface area contributed by atoms with Crippen LogP contribution in [0.15, 0.2) is 60.8 Å². The van der Waals surface area contributed by atoms with E-state index in [4.69, 9.17) is 4.74 Å². The zero-order valence-corrected chi connectivity index (χ0v) is 14.8. The monoisotopic (exact) mass is 363 g/mol. The molecule has 7 heteroatoms. The minimum absolute atomic E-state index is 0.0684. The number of benzene rings is 2. The number of nitro benzene ring substituents is 1. The van der Waals surface area contributed by atoms with Gasteiger partial charge in [0.1, 0.15) is 5.75 Å². The van der Waals surface area contributed by atoms with Gasteiger partial charge in [0.2, 0.25) is 5.88 Å². The van der Waals surface area contributed by atoms with E-state index in [1.54, 1.807) is 12.1 Å². The lowest BCUT2D eigenvalue weighted by Crippen LogP contribution is -2.12. The standard InChI is InChI=1S/C20H17N3O4/c1-13-3-9-18(14(2)11-13)27-19-10-6-16(12-21-19)22-20(24)15-4-7-17(8-5-15)23(25)26/h3-12H,1-2H3,(H,22,24). The first-order valence-corrected chi connectivity index (χ1v) is 8.19. The van der Waals surface area contributed by atoms with E-state index in [0.717, 1.165) is 16.9 Å². The maximum Gasteiger partial charge on any atom is 0.269 e. The van der Waals surface area contributed by atoms with Crippen LogP contribution >= 0.6 is 0 Å². The van der Waals surface area contributed by atoms with Gasteiger partial charge in [0, 0.05) is 23.8 Å². The first-order chi connectivity index (χ1) is 12.9. The Morgan fingerprint density at radius 1 is 1.07 bits per heavy atom. The van der Waals surface area contributed by atoms with Crippen LogP contribution < -0.4 is 10.1 Å². The number of anilines is 1. The van der Waals surface area contributed by atoms with Gasteiger partial charge in [-0.3, -0.25) is 14.9 Å².